The first-order chi connectivity index (χ1) is 16.0. The number of thiazole rings is 1. The van der Waals surface area contributed by atoms with Gasteiger partial charge in [0.05, 0.1) is 18.5 Å². The van der Waals surface area contributed by atoms with Crippen molar-refractivity contribution in [2.45, 2.75) is 37.6 Å². The SMILES string of the molecule is COc1ccccc1N(C(C)=O)c1nc(CSc2nccn2-c2ccc(C(C)C)cc2)cs1. The second-order valence-electron chi connectivity index (χ2n) is 7.76. The van der Waals surface area contributed by atoms with Crippen molar-refractivity contribution >= 4 is 39.8 Å². The number of para-hydroxylation sites is 2. The Balaban J connectivity index is 1.51. The summed E-state index contributed by atoms with van der Waals surface area (Å²) >= 11 is 3.06. The maximum atomic E-state index is 12.5. The summed E-state index contributed by atoms with van der Waals surface area (Å²) in [5.74, 6) is 1.66. The molecule has 0 spiro atoms. The third-order valence-electron chi connectivity index (χ3n) is 5.17. The third kappa shape index (κ3) is 5.12. The van der Waals surface area contributed by atoms with E-state index >= 15 is 0 Å². The lowest BCUT2D eigenvalue weighted by atomic mass is 10.0. The molecular formula is C25H26N4O2S2. The van der Waals surface area contributed by atoms with Gasteiger partial charge in [-0.05, 0) is 35.7 Å². The number of carbonyl (C=O) groups excluding carboxylic acids is 1. The molecule has 2 heterocycles. The van der Waals surface area contributed by atoms with E-state index in [0.717, 1.165) is 16.5 Å². The molecular weight excluding hydrogens is 452 g/mol. The topological polar surface area (TPSA) is 60.2 Å². The fourth-order valence-corrected chi connectivity index (χ4v) is 5.29. The van der Waals surface area contributed by atoms with E-state index in [1.54, 1.807) is 23.8 Å². The Labute approximate surface area is 202 Å². The molecule has 0 unspecified atom stereocenters. The van der Waals surface area contributed by atoms with Gasteiger partial charge in [-0.25, -0.2) is 9.97 Å². The molecule has 0 saturated heterocycles. The Kier molecular flexibility index (Phi) is 7.15. The van der Waals surface area contributed by atoms with E-state index in [2.05, 4.69) is 47.7 Å². The Bertz CT molecular complexity index is 1230. The van der Waals surface area contributed by atoms with E-state index < -0.39 is 0 Å². The van der Waals surface area contributed by atoms with Gasteiger partial charge in [-0.1, -0.05) is 49.9 Å². The molecule has 0 atom stereocenters. The van der Waals surface area contributed by atoms with Gasteiger partial charge in [-0.15, -0.1) is 11.3 Å². The Morgan fingerprint density at radius 3 is 2.64 bits per heavy atom. The van der Waals surface area contributed by atoms with Gasteiger partial charge < -0.3 is 4.74 Å². The van der Waals surface area contributed by atoms with E-state index in [0.29, 0.717) is 28.2 Å². The molecule has 4 rings (SSSR count). The monoisotopic (exact) mass is 478 g/mol. The van der Waals surface area contributed by atoms with Crippen molar-refractivity contribution in [2.75, 3.05) is 12.0 Å². The second kappa shape index (κ2) is 10.2. The van der Waals surface area contributed by atoms with E-state index in [1.165, 1.54) is 23.8 Å². The van der Waals surface area contributed by atoms with Gasteiger partial charge in [-0.3, -0.25) is 14.3 Å². The van der Waals surface area contributed by atoms with Gasteiger partial charge in [-0.2, -0.15) is 0 Å². The minimum atomic E-state index is -0.117. The lowest BCUT2D eigenvalue weighted by molar-refractivity contribution is -0.115. The molecule has 1 amide bonds. The summed E-state index contributed by atoms with van der Waals surface area (Å²) in [5.41, 5.74) is 3.97. The molecule has 8 heteroatoms. The van der Waals surface area contributed by atoms with Gasteiger partial charge in [0.15, 0.2) is 10.3 Å². The molecule has 4 aromatic rings. The van der Waals surface area contributed by atoms with Crippen molar-refractivity contribution < 1.29 is 9.53 Å². The molecule has 6 nitrogen and oxygen atoms in total. The van der Waals surface area contributed by atoms with Crippen molar-refractivity contribution in [3.63, 3.8) is 0 Å². The predicted octanol–water partition coefficient (Wildman–Crippen LogP) is 6.44. The number of benzene rings is 2. The molecule has 0 fully saturated rings. The van der Waals surface area contributed by atoms with Crippen LogP contribution in [0.15, 0.2) is 71.5 Å². The van der Waals surface area contributed by atoms with E-state index in [-0.39, 0.29) is 5.91 Å². The van der Waals surface area contributed by atoms with Crippen LogP contribution in [0, 0.1) is 0 Å². The second-order valence-corrected chi connectivity index (χ2v) is 9.54. The van der Waals surface area contributed by atoms with Crippen LogP contribution in [0.4, 0.5) is 10.8 Å². The zero-order chi connectivity index (χ0) is 23.4. The first kappa shape index (κ1) is 23.1. The first-order valence-corrected chi connectivity index (χ1v) is 12.5. The zero-order valence-corrected chi connectivity index (χ0v) is 20.7. The van der Waals surface area contributed by atoms with Crippen LogP contribution in [0.5, 0.6) is 5.75 Å². The Morgan fingerprint density at radius 2 is 1.94 bits per heavy atom. The minimum absolute atomic E-state index is 0.117. The number of carbonyl (C=O) groups is 1. The number of thioether (sulfide) groups is 1. The number of imidazole rings is 1. The third-order valence-corrected chi connectivity index (χ3v) is 7.04. The number of hydrogen-bond donors (Lipinski definition) is 0. The van der Waals surface area contributed by atoms with E-state index in [9.17, 15) is 4.79 Å². The molecule has 0 aliphatic carbocycles. The zero-order valence-electron chi connectivity index (χ0n) is 19.1. The van der Waals surface area contributed by atoms with Crippen LogP contribution in [-0.2, 0) is 10.5 Å². The summed E-state index contributed by atoms with van der Waals surface area (Å²) in [4.78, 5) is 23.3. The molecule has 33 heavy (non-hydrogen) atoms. The molecule has 2 aromatic heterocycles. The Hall–Kier alpha value is -3.10. The molecule has 0 saturated carbocycles. The largest absolute Gasteiger partial charge is 0.495 e. The normalized spacial score (nSPS) is 11.1. The molecule has 170 valence electrons. The number of ether oxygens (including phenoxy) is 1. The molecule has 0 N–H and O–H groups in total. The summed E-state index contributed by atoms with van der Waals surface area (Å²) in [5, 5.41) is 3.50. The highest BCUT2D eigenvalue weighted by Crippen LogP contribution is 2.36. The summed E-state index contributed by atoms with van der Waals surface area (Å²) in [6, 6.07) is 16.0. The van der Waals surface area contributed by atoms with Gasteiger partial charge in [0, 0.05) is 36.1 Å². The summed E-state index contributed by atoms with van der Waals surface area (Å²) in [6.07, 6.45) is 3.78. The molecule has 0 aliphatic heterocycles. The number of nitrogens with zero attached hydrogens (tertiary/aromatic N) is 4. The Morgan fingerprint density at radius 1 is 1.18 bits per heavy atom. The van der Waals surface area contributed by atoms with Gasteiger partial charge in [0.25, 0.3) is 0 Å². The average Bonchev–Trinajstić information content (AvgIpc) is 3.47. The van der Waals surface area contributed by atoms with Crippen LogP contribution in [0.1, 0.15) is 37.9 Å². The first-order valence-electron chi connectivity index (χ1n) is 10.6. The number of methoxy groups -OCH3 is 1. The summed E-state index contributed by atoms with van der Waals surface area (Å²) in [7, 11) is 1.60. The van der Waals surface area contributed by atoms with Crippen LogP contribution >= 0.6 is 23.1 Å². The quantitative estimate of drug-likeness (QED) is 0.273. The van der Waals surface area contributed by atoms with Crippen molar-refractivity contribution in [2.24, 2.45) is 0 Å². The molecule has 0 bridgehead atoms. The van der Waals surface area contributed by atoms with Gasteiger partial charge >= 0.3 is 0 Å². The molecule has 0 radical (unpaired) electrons. The minimum Gasteiger partial charge on any atom is -0.495 e. The molecule has 0 aliphatic rings. The summed E-state index contributed by atoms with van der Waals surface area (Å²) in [6.45, 7) is 5.91. The van der Waals surface area contributed by atoms with Crippen molar-refractivity contribution in [1.29, 1.82) is 0 Å². The number of rotatable bonds is 8. The van der Waals surface area contributed by atoms with Crippen LogP contribution in [0.25, 0.3) is 5.69 Å². The molecule has 2 aromatic carbocycles. The van der Waals surface area contributed by atoms with Crippen LogP contribution < -0.4 is 9.64 Å². The number of aromatic nitrogens is 3. The van der Waals surface area contributed by atoms with Crippen molar-refractivity contribution in [3.8, 4) is 11.4 Å². The highest BCUT2D eigenvalue weighted by molar-refractivity contribution is 7.98. The summed E-state index contributed by atoms with van der Waals surface area (Å²) < 4.78 is 7.53. The van der Waals surface area contributed by atoms with Gasteiger partial charge in [0.2, 0.25) is 5.91 Å². The smallest absolute Gasteiger partial charge is 0.230 e. The van der Waals surface area contributed by atoms with Crippen LogP contribution in [0.3, 0.4) is 0 Å². The van der Waals surface area contributed by atoms with Gasteiger partial charge in [0.1, 0.15) is 5.75 Å². The number of anilines is 2. The lowest BCUT2D eigenvalue weighted by Crippen LogP contribution is -2.23. The van der Waals surface area contributed by atoms with Crippen molar-refractivity contribution in [1.82, 2.24) is 14.5 Å². The maximum absolute atomic E-state index is 12.5. The highest BCUT2D eigenvalue weighted by Gasteiger charge is 2.21. The standard InChI is InChI=1S/C25H26N4O2S2/c1-17(2)19-9-11-21(12-10-19)28-14-13-26-24(28)32-15-20-16-33-25(27-20)29(18(3)30)22-7-5-6-8-23(22)31-4/h5-14,16-17H,15H2,1-4H3. The fraction of sp³-hybridized carbons (Fsp3) is 0.240. The fourth-order valence-electron chi connectivity index (χ4n) is 3.44. The number of hydrogen-bond acceptors (Lipinski definition) is 6. The van der Waals surface area contributed by atoms with Crippen molar-refractivity contribution in [3.05, 3.63) is 77.6 Å². The van der Waals surface area contributed by atoms with E-state index in [4.69, 9.17) is 9.72 Å². The average molecular weight is 479 g/mol. The maximum Gasteiger partial charge on any atom is 0.230 e. The highest BCUT2D eigenvalue weighted by atomic mass is 32.2. The lowest BCUT2D eigenvalue weighted by Gasteiger charge is -2.20. The van der Waals surface area contributed by atoms with Crippen LogP contribution in [0.2, 0.25) is 0 Å². The predicted molar refractivity (Wildman–Crippen MR) is 135 cm³/mol. The van der Waals surface area contributed by atoms with Crippen LogP contribution in [-0.4, -0.2) is 27.6 Å². The number of amides is 1. The van der Waals surface area contributed by atoms with E-state index in [1.807, 2.05) is 42.0 Å².